The Morgan fingerprint density at radius 2 is 1.81 bits per heavy atom. The fourth-order valence-corrected chi connectivity index (χ4v) is 2.69. The first-order valence-electron chi connectivity index (χ1n) is 6.06. The number of aromatic carboxylic acids is 1. The number of nitrogens with zero attached hydrogens (tertiary/aromatic N) is 3. The zero-order valence-electron chi connectivity index (χ0n) is 11.8. The molecule has 0 aliphatic rings. The Balaban J connectivity index is 2.40. The second-order valence-corrected chi connectivity index (χ2v) is 6.81. The molecule has 2 aromatic rings. The van der Waals surface area contributed by atoms with E-state index in [2.05, 4.69) is 5.10 Å². The lowest BCUT2D eigenvalue weighted by atomic mass is 10.3. The van der Waals surface area contributed by atoms with Gasteiger partial charge in [-0.25, -0.2) is 22.2 Å². The molecule has 0 atom stereocenters. The molecule has 0 aliphatic carbocycles. The standard InChI is InChI=1S/C13H15N3O4S/c1-9-12(13(17)18)8-16(14-9)10-4-6-11(7-5-10)21(19,20)15(2)3/h4-8H,1-3H3,(H,17,18). The number of aromatic nitrogens is 2. The van der Waals surface area contributed by atoms with Crippen molar-refractivity contribution >= 4 is 16.0 Å². The molecule has 0 bridgehead atoms. The van der Waals surface area contributed by atoms with E-state index in [-0.39, 0.29) is 10.5 Å². The number of sulfonamides is 1. The van der Waals surface area contributed by atoms with Crippen molar-refractivity contribution in [1.82, 2.24) is 14.1 Å². The topological polar surface area (TPSA) is 92.5 Å². The van der Waals surface area contributed by atoms with Gasteiger partial charge in [0.2, 0.25) is 10.0 Å². The maximum atomic E-state index is 12.0. The first-order chi connectivity index (χ1) is 9.73. The van der Waals surface area contributed by atoms with Crippen molar-refractivity contribution in [3.05, 3.63) is 41.7 Å². The molecule has 112 valence electrons. The first kappa shape index (κ1) is 15.2. The van der Waals surface area contributed by atoms with E-state index in [1.807, 2.05) is 0 Å². The minimum Gasteiger partial charge on any atom is -0.478 e. The number of hydrogen-bond acceptors (Lipinski definition) is 4. The fourth-order valence-electron chi connectivity index (χ4n) is 1.78. The van der Waals surface area contributed by atoms with Gasteiger partial charge in [-0.2, -0.15) is 5.10 Å². The van der Waals surface area contributed by atoms with Crippen LogP contribution >= 0.6 is 0 Å². The minimum absolute atomic E-state index is 0.111. The molecule has 0 radical (unpaired) electrons. The SMILES string of the molecule is Cc1nn(-c2ccc(S(=O)(=O)N(C)C)cc2)cc1C(=O)O. The molecule has 0 amide bonds. The van der Waals surface area contributed by atoms with Gasteiger partial charge in [-0.1, -0.05) is 0 Å². The number of aryl methyl sites for hydroxylation is 1. The number of carboxylic acids is 1. The van der Waals surface area contributed by atoms with Gasteiger partial charge in [-0.05, 0) is 31.2 Å². The summed E-state index contributed by atoms with van der Waals surface area (Å²) in [6.45, 7) is 1.60. The predicted octanol–water partition coefficient (Wildman–Crippen LogP) is 1.13. The number of benzene rings is 1. The highest BCUT2D eigenvalue weighted by molar-refractivity contribution is 7.89. The average molecular weight is 309 g/mol. The lowest BCUT2D eigenvalue weighted by Crippen LogP contribution is -2.22. The second-order valence-electron chi connectivity index (χ2n) is 4.66. The lowest BCUT2D eigenvalue weighted by Gasteiger charge is -2.11. The highest BCUT2D eigenvalue weighted by atomic mass is 32.2. The zero-order chi connectivity index (χ0) is 15.8. The van der Waals surface area contributed by atoms with E-state index in [4.69, 9.17) is 5.11 Å². The number of carbonyl (C=O) groups is 1. The lowest BCUT2D eigenvalue weighted by molar-refractivity contribution is 0.0696. The van der Waals surface area contributed by atoms with E-state index in [9.17, 15) is 13.2 Å². The van der Waals surface area contributed by atoms with Gasteiger partial charge in [0, 0.05) is 20.3 Å². The van der Waals surface area contributed by atoms with Gasteiger partial charge < -0.3 is 5.11 Å². The maximum Gasteiger partial charge on any atom is 0.339 e. The van der Waals surface area contributed by atoms with Gasteiger partial charge in [0.25, 0.3) is 0 Å². The molecule has 8 heteroatoms. The third kappa shape index (κ3) is 2.81. The third-order valence-corrected chi connectivity index (χ3v) is 4.84. The number of hydrogen-bond donors (Lipinski definition) is 1. The Morgan fingerprint density at radius 1 is 1.24 bits per heavy atom. The molecule has 1 aromatic carbocycles. The molecule has 1 heterocycles. The van der Waals surface area contributed by atoms with Crippen LogP contribution in [0.25, 0.3) is 5.69 Å². The van der Waals surface area contributed by atoms with Gasteiger partial charge in [-0.3, -0.25) is 0 Å². The van der Waals surface area contributed by atoms with Gasteiger partial charge >= 0.3 is 5.97 Å². The van der Waals surface area contributed by atoms with Gasteiger partial charge in [-0.15, -0.1) is 0 Å². The van der Waals surface area contributed by atoms with Crippen molar-refractivity contribution in [3.8, 4) is 5.69 Å². The van der Waals surface area contributed by atoms with Crippen molar-refractivity contribution in [2.45, 2.75) is 11.8 Å². The summed E-state index contributed by atoms with van der Waals surface area (Å²) in [4.78, 5) is 11.2. The van der Waals surface area contributed by atoms with E-state index >= 15 is 0 Å². The molecule has 7 nitrogen and oxygen atoms in total. The van der Waals surface area contributed by atoms with E-state index < -0.39 is 16.0 Å². The molecule has 0 saturated heterocycles. The van der Waals surface area contributed by atoms with Crippen LogP contribution < -0.4 is 0 Å². The Morgan fingerprint density at radius 3 is 2.24 bits per heavy atom. The number of rotatable bonds is 4. The van der Waals surface area contributed by atoms with Crippen LogP contribution in [0.1, 0.15) is 16.1 Å². The predicted molar refractivity (Wildman–Crippen MR) is 76.1 cm³/mol. The molecule has 1 aromatic heterocycles. The van der Waals surface area contributed by atoms with E-state index in [1.165, 1.54) is 37.1 Å². The zero-order valence-corrected chi connectivity index (χ0v) is 12.6. The molecule has 21 heavy (non-hydrogen) atoms. The van der Waals surface area contributed by atoms with Crippen molar-refractivity contribution in [2.24, 2.45) is 0 Å². The first-order valence-corrected chi connectivity index (χ1v) is 7.50. The summed E-state index contributed by atoms with van der Waals surface area (Å²) in [6.07, 6.45) is 1.40. The molecule has 0 unspecified atom stereocenters. The van der Waals surface area contributed by atoms with Crippen molar-refractivity contribution < 1.29 is 18.3 Å². The summed E-state index contributed by atoms with van der Waals surface area (Å²) in [5.74, 6) is -1.05. The normalized spacial score (nSPS) is 11.8. The van der Waals surface area contributed by atoms with Gasteiger partial charge in [0.05, 0.1) is 16.3 Å². The van der Waals surface area contributed by atoms with Gasteiger partial charge in [0.15, 0.2) is 0 Å². The molecule has 0 spiro atoms. The van der Waals surface area contributed by atoms with Crippen LogP contribution in [0.4, 0.5) is 0 Å². The van der Waals surface area contributed by atoms with Crippen LogP contribution in [0.3, 0.4) is 0 Å². The van der Waals surface area contributed by atoms with Crippen LogP contribution in [0.5, 0.6) is 0 Å². The maximum absolute atomic E-state index is 12.0. The van der Waals surface area contributed by atoms with E-state index in [1.54, 1.807) is 19.1 Å². The van der Waals surface area contributed by atoms with Gasteiger partial charge in [0.1, 0.15) is 5.56 Å². The quantitative estimate of drug-likeness (QED) is 0.914. The molecular formula is C13H15N3O4S. The molecule has 2 rings (SSSR count). The molecule has 0 fully saturated rings. The smallest absolute Gasteiger partial charge is 0.339 e. The summed E-state index contributed by atoms with van der Waals surface area (Å²) >= 11 is 0. The third-order valence-electron chi connectivity index (χ3n) is 3.01. The monoisotopic (exact) mass is 309 g/mol. The van der Waals surface area contributed by atoms with Crippen LogP contribution in [0.15, 0.2) is 35.4 Å². The Hall–Kier alpha value is -2.19. The Kier molecular flexibility index (Phi) is 3.84. The number of carboxylic acid groups (broad SMARTS) is 1. The van der Waals surface area contributed by atoms with E-state index in [0.717, 1.165) is 4.31 Å². The summed E-state index contributed by atoms with van der Waals surface area (Å²) in [7, 11) is -0.568. The van der Waals surface area contributed by atoms with Crippen LogP contribution in [-0.2, 0) is 10.0 Å². The van der Waals surface area contributed by atoms with Crippen LogP contribution in [0.2, 0.25) is 0 Å². The fraction of sp³-hybridized carbons (Fsp3) is 0.231. The van der Waals surface area contributed by atoms with Crippen molar-refractivity contribution in [2.75, 3.05) is 14.1 Å². The Bertz CT molecular complexity index is 776. The summed E-state index contributed by atoms with van der Waals surface area (Å²) < 4.78 is 26.4. The molecule has 0 saturated carbocycles. The highest BCUT2D eigenvalue weighted by Gasteiger charge is 2.17. The second kappa shape index (κ2) is 5.30. The molecule has 0 aliphatic heterocycles. The van der Waals surface area contributed by atoms with Crippen LogP contribution in [0, 0.1) is 6.92 Å². The van der Waals surface area contributed by atoms with Crippen LogP contribution in [-0.4, -0.2) is 47.7 Å². The molecular weight excluding hydrogens is 294 g/mol. The summed E-state index contributed by atoms with van der Waals surface area (Å²) in [6, 6.07) is 6.08. The largest absolute Gasteiger partial charge is 0.478 e. The Labute approximate surface area is 122 Å². The minimum atomic E-state index is -3.48. The van der Waals surface area contributed by atoms with E-state index in [0.29, 0.717) is 11.4 Å². The average Bonchev–Trinajstić information content (AvgIpc) is 2.81. The molecule has 1 N–H and O–H groups in total. The van der Waals surface area contributed by atoms with Crippen molar-refractivity contribution in [3.63, 3.8) is 0 Å². The summed E-state index contributed by atoms with van der Waals surface area (Å²) in [5.41, 5.74) is 1.09. The van der Waals surface area contributed by atoms with Crippen molar-refractivity contribution in [1.29, 1.82) is 0 Å². The summed E-state index contributed by atoms with van der Waals surface area (Å²) in [5, 5.41) is 13.1. The highest BCUT2D eigenvalue weighted by Crippen LogP contribution is 2.17.